The molecule has 4 nitrogen and oxygen atoms in total. The second kappa shape index (κ2) is 3.15. The Morgan fingerprint density at radius 3 is 2.07 bits per heavy atom. The lowest BCUT2D eigenvalue weighted by Crippen LogP contribution is -2.54. The highest BCUT2D eigenvalue weighted by Crippen LogP contribution is 2.44. The Balaban J connectivity index is 2.46. The summed E-state index contributed by atoms with van der Waals surface area (Å²) < 4.78 is 0. The van der Waals surface area contributed by atoms with Gasteiger partial charge in [-0.1, -0.05) is 29.4 Å². The first-order valence-corrected chi connectivity index (χ1v) is 4.81. The van der Waals surface area contributed by atoms with Crippen LogP contribution in [-0.4, -0.2) is 16.2 Å². The molecule has 0 aliphatic heterocycles. The summed E-state index contributed by atoms with van der Waals surface area (Å²) in [6, 6.07) is 0. The molecule has 0 aromatic rings. The van der Waals surface area contributed by atoms with Gasteiger partial charge in [-0.05, 0) is 31.2 Å². The van der Waals surface area contributed by atoms with Gasteiger partial charge in [-0.25, -0.2) is 0 Å². The Hall–Kier alpha value is -1.25. The normalized spacial score (nSPS) is 40.1. The first-order valence-electron chi connectivity index (χ1n) is 4.81. The summed E-state index contributed by atoms with van der Waals surface area (Å²) in [7, 11) is 0. The van der Waals surface area contributed by atoms with E-state index in [0.717, 1.165) is 0 Å². The van der Waals surface area contributed by atoms with Gasteiger partial charge >= 0.3 is 0 Å². The fourth-order valence-corrected chi connectivity index (χ4v) is 2.30. The third-order valence-electron chi connectivity index (χ3n) is 3.26. The van der Waals surface area contributed by atoms with Gasteiger partial charge in [-0.2, -0.15) is 0 Å². The molecular formula is C10H13N3O. The second-order valence-electron chi connectivity index (χ2n) is 4.01. The molecule has 0 radical (unpaired) electrons. The minimum Gasteiger partial charge on any atom is -0.389 e. The highest BCUT2D eigenvalue weighted by Gasteiger charge is 2.50. The van der Waals surface area contributed by atoms with Gasteiger partial charge in [0.1, 0.15) is 0 Å². The first kappa shape index (κ1) is 9.31. The number of hydrogen-bond acceptors (Lipinski definition) is 2. The molecule has 0 atom stereocenters. The molecule has 4 heteroatoms. The van der Waals surface area contributed by atoms with Crippen molar-refractivity contribution in [1.82, 2.24) is 0 Å². The van der Waals surface area contributed by atoms with Gasteiger partial charge in [-0.3, -0.25) is 0 Å². The molecule has 0 saturated heterocycles. The first-order chi connectivity index (χ1) is 6.72. The number of aliphatic hydroxyl groups is 1. The number of fused-ring (bicyclic) bond motifs is 1. The molecule has 2 rings (SSSR count). The lowest BCUT2D eigenvalue weighted by atomic mass is 9.66. The zero-order chi connectivity index (χ0) is 10.1. The number of nitrogens with zero attached hydrogens (tertiary/aromatic N) is 3. The quantitative estimate of drug-likeness (QED) is 0.294. The van der Waals surface area contributed by atoms with Gasteiger partial charge < -0.3 is 5.11 Å². The van der Waals surface area contributed by atoms with E-state index in [9.17, 15) is 5.11 Å². The molecule has 14 heavy (non-hydrogen) atoms. The second-order valence-corrected chi connectivity index (χ2v) is 4.01. The number of rotatable bonds is 1. The highest BCUT2D eigenvalue weighted by molar-refractivity contribution is 5.23. The van der Waals surface area contributed by atoms with E-state index < -0.39 is 11.1 Å². The topological polar surface area (TPSA) is 69.0 Å². The fourth-order valence-electron chi connectivity index (χ4n) is 2.30. The summed E-state index contributed by atoms with van der Waals surface area (Å²) in [5, 5.41) is 14.2. The third kappa shape index (κ3) is 1.15. The molecule has 0 fully saturated rings. The van der Waals surface area contributed by atoms with Crippen molar-refractivity contribution in [2.24, 2.45) is 5.11 Å². The molecule has 0 bridgehead atoms. The Bertz CT molecular complexity index is 321. The van der Waals surface area contributed by atoms with Crippen LogP contribution in [0.1, 0.15) is 25.7 Å². The van der Waals surface area contributed by atoms with Gasteiger partial charge in [0.25, 0.3) is 0 Å². The molecule has 2 aliphatic carbocycles. The summed E-state index contributed by atoms with van der Waals surface area (Å²) in [4.78, 5) is 2.88. The summed E-state index contributed by atoms with van der Waals surface area (Å²) >= 11 is 0. The van der Waals surface area contributed by atoms with Crippen LogP contribution in [0.25, 0.3) is 10.4 Å². The monoisotopic (exact) mass is 191 g/mol. The van der Waals surface area contributed by atoms with Crippen LogP contribution in [-0.2, 0) is 0 Å². The van der Waals surface area contributed by atoms with Crippen molar-refractivity contribution in [3.63, 3.8) is 0 Å². The predicted octanol–water partition coefficient (Wildman–Crippen LogP) is 2.47. The summed E-state index contributed by atoms with van der Waals surface area (Å²) in [6.45, 7) is 0. The molecule has 1 N–H and O–H groups in total. The maximum Gasteiger partial charge on any atom is 0.0849 e. The van der Waals surface area contributed by atoms with Crippen LogP contribution in [0.15, 0.2) is 29.4 Å². The fraction of sp³-hybridized carbons (Fsp3) is 0.600. The van der Waals surface area contributed by atoms with Crippen LogP contribution in [0.2, 0.25) is 0 Å². The smallest absolute Gasteiger partial charge is 0.0849 e. The van der Waals surface area contributed by atoms with Gasteiger partial charge in [-0.15, -0.1) is 0 Å². The lowest BCUT2D eigenvalue weighted by Gasteiger charge is -2.46. The molecule has 74 valence electrons. The lowest BCUT2D eigenvalue weighted by molar-refractivity contribution is -0.0383. The standard InChI is InChI=1S/C10H13N3O/c11-13-12-9-5-1-3-7-10(9,14)8-4-2-6-9/h1-4,14H,5-8H2. The molecule has 0 spiro atoms. The van der Waals surface area contributed by atoms with E-state index in [1.807, 2.05) is 24.3 Å². The van der Waals surface area contributed by atoms with E-state index in [1.54, 1.807) is 0 Å². The molecule has 0 amide bonds. The molecular weight excluding hydrogens is 178 g/mol. The predicted molar refractivity (Wildman–Crippen MR) is 53.6 cm³/mol. The van der Waals surface area contributed by atoms with Crippen LogP contribution in [0.4, 0.5) is 0 Å². The van der Waals surface area contributed by atoms with Crippen molar-refractivity contribution < 1.29 is 5.11 Å². The van der Waals surface area contributed by atoms with Gasteiger partial charge in [0.15, 0.2) is 0 Å². The van der Waals surface area contributed by atoms with E-state index in [2.05, 4.69) is 10.0 Å². The van der Waals surface area contributed by atoms with Crippen molar-refractivity contribution in [2.75, 3.05) is 0 Å². The average molecular weight is 191 g/mol. The summed E-state index contributed by atoms with van der Waals surface area (Å²) in [5.74, 6) is 0. The summed E-state index contributed by atoms with van der Waals surface area (Å²) in [5.41, 5.74) is 7.05. The molecule has 0 unspecified atom stereocenters. The van der Waals surface area contributed by atoms with Crippen molar-refractivity contribution in [3.05, 3.63) is 34.7 Å². The Morgan fingerprint density at radius 1 is 1.07 bits per heavy atom. The van der Waals surface area contributed by atoms with Crippen molar-refractivity contribution in [1.29, 1.82) is 0 Å². The minimum atomic E-state index is -0.872. The maximum atomic E-state index is 10.4. The van der Waals surface area contributed by atoms with Crippen molar-refractivity contribution in [3.8, 4) is 0 Å². The minimum absolute atomic E-state index is 0.580. The number of azide groups is 1. The van der Waals surface area contributed by atoms with E-state index >= 15 is 0 Å². The van der Waals surface area contributed by atoms with Gasteiger partial charge in [0.05, 0.1) is 11.1 Å². The zero-order valence-electron chi connectivity index (χ0n) is 7.93. The largest absolute Gasteiger partial charge is 0.389 e. The van der Waals surface area contributed by atoms with Crippen LogP contribution in [0.5, 0.6) is 0 Å². The Kier molecular flexibility index (Phi) is 2.10. The van der Waals surface area contributed by atoms with Crippen LogP contribution in [0.3, 0.4) is 0 Å². The van der Waals surface area contributed by atoms with Crippen LogP contribution >= 0.6 is 0 Å². The van der Waals surface area contributed by atoms with Crippen molar-refractivity contribution >= 4 is 0 Å². The zero-order valence-corrected chi connectivity index (χ0v) is 7.93. The van der Waals surface area contributed by atoms with E-state index in [0.29, 0.717) is 25.7 Å². The maximum absolute atomic E-state index is 10.4. The van der Waals surface area contributed by atoms with E-state index in [-0.39, 0.29) is 0 Å². The molecule has 0 heterocycles. The number of hydrogen-bond donors (Lipinski definition) is 1. The van der Waals surface area contributed by atoms with Crippen LogP contribution < -0.4 is 0 Å². The van der Waals surface area contributed by atoms with Crippen LogP contribution in [0, 0.1) is 0 Å². The molecule has 2 aliphatic rings. The van der Waals surface area contributed by atoms with Gasteiger partial charge in [0.2, 0.25) is 0 Å². The molecule has 0 aromatic heterocycles. The van der Waals surface area contributed by atoms with E-state index in [4.69, 9.17) is 5.53 Å². The Labute approximate surface area is 82.6 Å². The molecule has 0 saturated carbocycles. The third-order valence-corrected chi connectivity index (χ3v) is 3.26. The average Bonchev–Trinajstić information content (AvgIpc) is 2.18. The van der Waals surface area contributed by atoms with E-state index in [1.165, 1.54) is 0 Å². The molecule has 0 aromatic carbocycles. The Morgan fingerprint density at radius 2 is 1.57 bits per heavy atom. The summed E-state index contributed by atoms with van der Waals surface area (Å²) in [6.07, 6.45) is 10.3. The van der Waals surface area contributed by atoms with Crippen molar-refractivity contribution in [2.45, 2.75) is 36.8 Å². The SMILES string of the molecule is [N-]=[N+]=NC12CC=CCC1(O)CC=CC2. The van der Waals surface area contributed by atoms with Gasteiger partial charge in [0, 0.05) is 4.91 Å². The highest BCUT2D eigenvalue weighted by atomic mass is 16.3.